The van der Waals surface area contributed by atoms with Crippen LogP contribution in [0.15, 0.2) is 60.7 Å². The molecule has 1 heterocycles. The molecule has 9 heteroatoms. The lowest BCUT2D eigenvalue weighted by Gasteiger charge is -2.39. The summed E-state index contributed by atoms with van der Waals surface area (Å²) in [4.78, 5) is 15.4. The Hall–Kier alpha value is -2.27. The van der Waals surface area contributed by atoms with Crippen LogP contribution in [0.3, 0.4) is 0 Å². The molecule has 3 rings (SSSR count). The molecular weight excluding hydrogens is 538 g/mol. The minimum absolute atomic E-state index is 0.0168. The predicted octanol–water partition coefficient (Wildman–Crippen LogP) is 5.87. The number of hydrogen-bond acceptors (Lipinski definition) is 7. The molecule has 228 valence electrons. The highest BCUT2D eigenvalue weighted by Crippen LogP contribution is 2.39. The number of aliphatic hydroxyl groups is 2. The monoisotopic (exact) mass is 587 g/mol. The van der Waals surface area contributed by atoms with Crippen LogP contribution in [0.2, 0.25) is 18.1 Å². The number of amides is 1. The van der Waals surface area contributed by atoms with Crippen molar-refractivity contribution in [3.8, 4) is 0 Å². The lowest BCUT2D eigenvalue weighted by Crippen LogP contribution is -2.54. The Morgan fingerprint density at radius 3 is 2.12 bits per heavy atom. The second-order valence-corrected chi connectivity index (χ2v) is 17.6. The molecule has 0 saturated carbocycles. The first-order valence-corrected chi connectivity index (χ1v) is 17.4. The summed E-state index contributed by atoms with van der Waals surface area (Å²) in [6.07, 6.45) is -2.04. The van der Waals surface area contributed by atoms with Crippen molar-refractivity contribution in [1.82, 2.24) is 4.90 Å². The molecule has 41 heavy (non-hydrogen) atoms. The van der Waals surface area contributed by atoms with Gasteiger partial charge in [-0.2, -0.15) is 0 Å². The first-order chi connectivity index (χ1) is 19.2. The molecule has 1 amide bonds. The Morgan fingerprint density at radius 2 is 1.56 bits per heavy atom. The maximum Gasteiger partial charge on any atom is 0.410 e. The molecule has 0 unspecified atom stereocenters. The normalized spacial score (nSPS) is 20.4. The summed E-state index contributed by atoms with van der Waals surface area (Å²) in [5, 5.41) is 21.2. The fraction of sp³-hybridized carbons (Fsp3) is 0.594. The third-order valence-electron chi connectivity index (χ3n) is 8.04. The van der Waals surface area contributed by atoms with Crippen molar-refractivity contribution >= 4 is 14.4 Å². The van der Waals surface area contributed by atoms with Gasteiger partial charge in [-0.15, -0.1) is 0 Å². The van der Waals surface area contributed by atoms with Gasteiger partial charge < -0.3 is 28.8 Å². The number of ether oxygens (including phenoxy) is 3. The van der Waals surface area contributed by atoms with E-state index in [-0.39, 0.29) is 31.4 Å². The van der Waals surface area contributed by atoms with Gasteiger partial charge in [-0.1, -0.05) is 81.4 Å². The topological polar surface area (TPSA) is 97.7 Å². The van der Waals surface area contributed by atoms with E-state index in [1.54, 1.807) is 18.7 Å². The van der Waals surface area contributed by atoms with Crippen molar-refractivity contribution in [3.05, 3.63) is 71.8 Å². The molecule has 0 spiro atoms. The molecule has 2 aromatic carbocycles. The summed E-state index contributed by atoms with van der Waals surface area (Å²) in [6, 6.07) is 18.7. The van der Waals surface area contributed by atoms with E-state index in [0.717, 1.165) is 11.1 Å². The Balaban J connectivity index is 1.91. The van der Waals surface area contributed by atoms with Gasteiger partial charge in [0.1, 0.15) is 24.9 Å². The first kappa shape index (κ1) is 33.2. The quantitative estimate of drug-likeness (QED) is 0.283. The molecular formula is C32H49NO7Si. The van der Waals surface area contributed by atoms with Crippen LogP contribution in [0, 0.1) is 0 Å². The lowest BCUT2D eigenvalue weighted by molar-refractivity contribution is -0.160. The van der Waals surface area contributed by atoms with E-state index in [0.29, 0.717) is 12.8 Å². The number of aliphatic hydroxyl groups excluding tert-OH is 2. The molecule has 0 bridgehead atoms. The van der Waals surface area contributed by atoms with Gasteiger partial charge in [-0.05, 0) is 55.9 Å². The fourth-order valence-corrected chi connectivity index (χ4v) is 5.74. The molecule has 1 aliphatic rings. The summed E-state index contributed by atoms with van der Waals surface area (Å²) < 4.78 is 24.8. The van der Waals surface area contributed by atoms with Gasteiger partial charge >= 0.3 is 6.09 Å². The van der Waals surface area contributed by atoms with E-state index in [1.165, 1.54) is 0 Å². The number of nitrogens with zero attached hydrogens (tertiary/aromatic N) is 1. The molecule has 1 saturated heterocycles. The average Bonchev–Trinajstić information content (AvgIpc) is 3.25. The Kier molecular flexibility index (Phi) is 11.6. The van der Waals surface area contributed by atoms with E-state index in [4.69, 9.17) is 18.6 Å². The van der Waals surface area contributed by atoms with Crippen molar-refractivity contribution in [2.75, 3.05) is 13.2 Å². The van der Waals surface area contributed by atoms with E-state index >= 15 is 0 Å². The van der Waals surface area contributed by atoms with Crippen LogP contribution in [0.1, 0.15) is 58.6 Å². The predicted molar refractivity (Wildman–Crippen MR) is 162 cm³/mol. The lowest BCUT2D eigenvalue weighted by atomic mass is 9.95. The fourth-order valence-electron chi connectivity index (χ4n) is 4.71. The van der Waals surface area contributed by atoms with Gasteiger partial charge in [0.05, 0.1) is 12.6 Å². The van der Waals surface area contributed by atoms with Crippen LogP contribution < -0.4 is 0 Å². The maximum absolute atomic E-state index is 13.8. The van der Waals surface area contributed by atoms with Crippen LogP contribution >= 0.6 is 0 Å². The maximum atomic E-state index is 13.8. The summed E-state index contributed by atoms with van der Waals surface area (Å²) >= 11 is 0. The van der Waals surface area contributed by atoms with Gasteiger partial charge in [0.15, 0.2) is 14.1 Å². The third-order valence-corrected chi connectivity index (χ3v) is 12.5. The minimum Gasteiger partial charge on any atom is -0.445 e. The standard InChI is InChI=1S/C32H49NO7Si/c1-31(2,3)41(6,7)38-23-27(35)29-28(39-32(4,5)40-29)26(19-14-20-34)33(21-24-15-10-8-11-16-24)30(36)37-22-25-17-12-9-13-18-25/h8-13,15-18,26-29,34-35H,14,19-23H2,1-7H3/t26-,27+,28-,29+/m0/s1. The van der Waals surface area contributed by atoms with E-state index in [1.807, 2.05) is 60.7 Å². The van der Waals surface area contributed by atoms with Crippen molar-refractivity contribution in [2.45, 2.75) is 109 Å². The van der Waals surface area contributed by atoms with E-state index in [9.17, 15) is 15.0 Å². The molecule has 1 aliphatic heterocycles. The zero-order chi connectivity index (χ0) is 30.3. The summed E-state index contributed by atoms with van der Waals surface area (Å²) in [6.45, 7) is 14.8. The Labute approximate surface area is 246 Å². The van der Waals surface area contributed by atoms with Gasteiger partial charge in [-0.25, -0.2) is 4.79 Å². The summed E-state index contributed by atoms with van der Waals surface area (Å²) in [5.74, 6) is -0.989. The van der Waals surface area contributed by atoms with Crippen LogP contribution in [0.4, 0.5) is 4.79 Å². The summed E-state index contributed by atoms with van der Waals surface area (Å²) in [7, 11) is -2.13. The first-order valence-electron chi connectivity index (χ1n) is 14.5. The van der Waals surface area contributed by atoms with Crippen LogP contribution in [-0.2, 0) is 31.8 Å². The smallest absolute Gasteiger partial charge is 0.410 e. The van der Waals surface area contributed by atoms with Crippen LogP contribution in [0.5, 0.6) is 0 Å². The van der Waals surface area contributed by atoms with Gasteiger partial charge in [0, 0.05) is 13.2 Å². The molecule has 4 atom stereocenters. The number of hydrogen-bond donors (Lipinski definition) is 2. The van der Waals surface area contributed by atoms with Crippen molar-refractivity contribution < 1.29 is 33.6 Å². The van der Waals surface area contributed by atoms with Gasteiger partial charge in [0.2, 0.25) is 0 Å². The average molecular weight is 588 g/mol. The highest BCUT2D eigenvalue weighted by atomic mass is 28.4. The number of benzene rings is 2. The van der Waals surface area contributed by atoms with E-state index in [2.05, 4.69) is 33.9 Å². The molecule has 0 aromatic heterocycles. The van der Waals surface area contributed by atoms with Crippen molar-refractivity contribution in [2.24, 2.45) is 0 Å². The highest BCUT2D eigenvalue weighted by molar-refractivity contribution is 6.74. The molecule has 1 fully saturated rings. The van der Waals surface area contributed by atoms with Crippen LogP contribution in [-0.4, -0.2) is 72.9 Å². The third kappa shape index (κ3) is 9.36. The van der Waals surface area contributed by atoms with Gasteiger partial charge in [-0.3, -0.25) is 4.90 Å². The van der Waals surface area contributed by atoms with Crippen LogP contribution in [0.25, 0.3) is 0 Å². The number of rotatable bonds is 13. The molecule has 0 radical (unpaired) electrons. The highest BCUT2D eigenvalue weighted by Gasteiger charge is 2.51. The largest absolute Gasteiger partial charge is 0.445 e. The Bertz CT molecular complexity index is 1070. The van der Waals surface area contributed by atoms with E-state index < -0.39 is 44.6 Å². The molecule has 2 N–H and O–H groups in total. The van der Waals surface area contributed by atoms with Crippen molar-refractivity contribution in [1.29, 1.82) is 0 Å². The van der Waals surface area contributed by atoms with Gasteiger partial charge in [0.25, 0.3) is 0 Å². The molecule has 8 nitrogen and oxygen atoms in total. The zero-order valence-electron chi connectivity index (χ0n) is 25.7. The summed E-state index contributed by atoms with van der Waals surface area (Å²) in [5.41, 5.74) is 1.81. The van der Waals surface area contributed by atoms with Crippen molar-refractivity contribution in [3.63, 3.8) is 0 Å². The second-order valence-electron chi connectivity index (χ2n) is 12.8. The SMILES string of the molecule is CC1(C)O[C@@H]([C@H](CCCO)N(Cc2ccccc2)C(=O)OCc2ccccc2)[C@@H]([C@H](O)CO[Si](C)(C)C(C)(C)C)O1. The number of carbonyl (C=O) groups is 1. The molecule has 0 aliphatic carbocycles. The number of carbonyl (C=O) groups excluding carboxylic acids is 1. The second kappa shape index (κ2) is 14.3. The Morgan fingerprint density at radius 1 is 1.00 bits per heavy atom. The zero-order valence-corrected chi connectivity index (χ0v) is 26.7. The molecule has 2 aromatic rings. The minimum atomic E-state index is -2.13.